The Bertz CT molecular complexity index is 1480. The van der Waals surface area contributed by atoms with Crippen molar-refractivity contribution in [1.82, 2.24) is 10.2 Å². The summed E-state index contributed by atoms with van der Waals surface area (Å²) in [6.07, 6.45) is 3.87. The number of methoxy groups -OCH3 is 1. The molecule has 41 heavy (non-hydrogen) atoms. The van der Waals surface area contributed by atoms with Crippen LogP contribution in [-0.2, 0) is 26.2 Å². The molecular formula is C30H33Cl2N3O5S. The zero-order chi connectivity index (χ0) is 29.6. The molecule has 1 atom stereocenters. The number of nitrogens with one attached hydrogen (secondary N) is 1. The summed E-state index contributed by atoms with van der Waals surface area (Å²) >= 11 is 12.4. The van der Waals surface area contributed by atoms with Crippen LogP contribution in [0.2, 0.25) is 10.0 Å². The Morgan fingerprint density at radius 1 is 0.976 bits per heavy atom. The van der Waals surface area contributed by atoms with Crippen LogP contribution in [0.1, 0.15) is 38.2 Å². The van der Waals surface area contributed by atoms with E-state index in [9.17, 15) is 18.0 Å². The van der Waals surface area contributed by atoms with Crippen LogP contribution in [0.3, 0.4) is 0 Å². The third-order valence-corrected chi connectivity index (χ3v) is 9.68. The first-order valence-electron chi connectivity index (χ1n) is 13.4. The van der Waals surface area contributed by atoms with Gasteiger partial charge in [0.15, 0.2) is 0 Å². The summed E-state index contributed by atoms with van der Waals surface area (Å²) in [6.45, 7) is 1.15. The molecule has 0 unspecified atom stereocenters. The molecule has 3 aromatic carbocycles. The van der Waals surface area contributed by atoms with Gasteiger partial charge in [-0.15, -0.1) is 0 Å². The van der Waals surface area contributed by atoms with E-state index in [0.29, 0.717) is 5.75 Å². The van der Waals surface area contributed by atoms with Crippen molar-refractivity contribution in [1.29, 1.82) is 0 Å². The maximum atomic E-state index is 14.0. The van der Waals surface area contributed by atoms with Crippen molar-refractivity contribution in [2.45, 2.75) is 56.1 Å². The minimum atomic E-state index is -4.20. The van der Waals surface area contributed by atoms with Gasteiger partial charge < -0.3 is 15.0 Å². The van der Waals surface area contributed by atoms with E-state index in [1.807, 2.05) is 6.07 Å². The number of amides is 2. The van der Waals surface area contributed by atoms with Crippen molar-refractivity contribution in [3.05, 3.63) is 88.4 Å². The van der Waals surface area contributed by atoms with Crippen LogP contribution in [0.25, 0.3) is 0 Å². The summed E-state index contributed by atoms with van der Waals surface area (Å²) in [5, 5.41) is 3.44. The quantitative estimate of drug-likeness (QED) is 0.299. The van der Waals surface area contributed by atoms with Gasteiger partial charge in [-0.25, -0.2) is 8.42 Å². The lowest BCUT2D eigenvalue weighted by Crippen LogP contribution is -2.52. The molecule has 1 aliphatic rings. The Kier molecular flexibility index (Phi) is 10.2. The number of hydrogen-bond donors (Lipinski definition) is 1. The van der Waals surface area contributed by atoms with Crippen molar-refractivity contribution >= 4 is 50.7 Å². The van der Waals surface area contributed by atoms with Crippen molar-refractivity contribution in [3.63, 3.8) is 0 Å². The lowest BCUT2D eigenvalue weighted by molar-refractivity contribution is -0.139. The predicted molar refractivity (Wildman–Crippen MR) is 161 cm³/mol. The molecule has 0 spiro atoms. The molecule has 218 valence electrons. The molecule has 0 radical (unpaired) electrons. The number of carbonyl (C=O) groups is 2. The summed E-state index contributed by atoms with van der Waals surface area (Å²) < 4.78 is 34.0. The number of rotatable bonds is 11. The van der Waals surface area contributed by atoms with Crippen LogP contribution < -0.4 is 14.4 Å². The molecule has 0 aromatic heterocycles. The monoisotopic (exact) mass is 617 g/mol. The van der Waals surface area contributed by atoms with E-state index in [0.717, 1.165) is 35.6 Å². The fraction of sp³-hybridized carbons (Fsp3) is 0.333. The fourth-order valence-corrected chi connectivity index (χ4v) is 6.55. The summed E-state index contributed by atoms with van der Waals surface area (Å²) in [5.74, 6) is -0.255. The largest absolute Gasteiger partial charge is 0.497 e. The minimum Gasteiger partial charge on any atom is -0.497 e. The maximum Gasteiger partial charge on any atom is 0.264 e. The molecular weight excluding hydrogens is 585 g/mol. The van der Waals surface area contributed by atoms with Crippen LogP contribution in [0, 0.1) is 0 Å². The predicted octanol–water partition coefficient (Wildman–Crippen LogP) is 5.67. The fourth-order valence-electron chi connectivity index (χ4n) is 4.83. The Hall–Kier alpha value is -3.27. The second-order valence-corrected chi connectivity index (χ2v) is 12.6. The van der Waals surface area contributed by atoms with E-state index in [4.69, 9.17) is 27.9 Å². The second kappa shape index (κ2) is 13.6. The lowest BCUT2D eigenvalue weighted by Gasteiger charge is -2.32. The van der Waals surface area contributed by atoms with Gasteiger partial charge in [0.05, 0.1) is 27.7 Å². The average molecular weight is 619 g/mol. The molecule has 2 amide bonds. The molecule has 1 aliphatic carbocycles. The Morgan fingerprint density at radius 2 is 1.68 bits per heavy atom. The van der Waals surface area contributed by atoms with E-state index < -0.39 is 28.5 Å². The number of nitrogens with zero attached hydrogens (tertiary/aromatic N) is 2. The number of halogens is 2. The zero-order valence-corrected chi connectivity index (χ0v) is 25.3. The lowest BCUT2D eigenvalue weighted by atomic mass is 10.1. The van der Waals surface area contributed by atoms with Crippen LogP contribution in [0.5, 0.6) is 5.75 Å². The first kappa shape index (κ1) is 30.7. The first-order chi connectivity index (χ1) is 19.6. The SMILES string of the molecule is COc1cccc(CN(C(=O)CN(c2ccc(Cl)c(Cl)c2)S(=O)(=O)c2ccccc2)[C@@H](C)C(=O)NC2CCCC2)c1. The summed E-state index contributed by atoms with van der Waals surface area (Å²) in [5.41, 5.74) is 0.895. The molecule has 1 fully saturated rings. The minimum absolute atomic E-state index is 0.00485. The molecule has 1 N–H and O–H groups in total. The second-order valence-electron chi connectivity index (χ2n) is 9.96. The van der Waals surface area contributed by atoms with E-state index >= 15 is 0 Å². The highest BCUT2D eigenvalue weighted by atomic mass is 35.5. The number of hydrogen-bond acceptors (Lipinski definition) is 5. The maximum absolute atomic E-state index is 14.0. The smallest absolute Gasteiger partial charge is 0.264 e. The van der Waals surface area contributed by atoms with Crippen molar-refractivity contribution < 1.29 is 22.7 Å². The average Bonchev–Trinajstić information content (AvgIpc) is 3.49. The van der Waals surface area contributed by atoms with Crippen LogP contribution in [-0.4, -0.2) is 50.9 Å². The molecule has 0 heterocycles. The van der Waals surface area contributed by atoms with Crippen LogP contribution >= 0.6 is 23.2 Å². The normalized spacial score (nSPS) is 14.3. The molecule has 4 rings (SSSR count). The highest BCUT2D eigenvalue weighted by molar-refractivity contribution is 7.92. The summed E-state index contributed by atoms with van der Waals surface area (Å²) in [4.78, 5) is 28.8. The number of sulfonamides is 1. The molecule has 0 aliphatic heterocycles. The third kappa shape index (κ3) is 7.52. The topological polar surface area (TPSA) is 96.0 Å². The van der Waals surface area contributed by atoms with Gasteiger partial charge in [0.1, 0.15) is 18.3 Å². The molecule has 3 aromatic rings. The van der Waals surface area contributed by atoms with Crippen molar-refractivity contribution in [2.75, 3.05) is 18.0 Å². The van der Waals surface area contributed by atoms with Gasteiger partial charge in [0.25, 0.3) is 10.0 Å². The highest BCUT2D eigenvalue weighted by Crippen LogP contribution is 2.31. The van der Waals surface area contributed by atoms with E-state index in [1.54, 1.807) is 50.4 Å². The van der Waals surface area contributed by atoms with Gasteiger partial charge in [-0.1, -0.05) is 66.4 Å². The van der Waals surface area contributed by atoms with Crippen molar-refractivity contribution in [3.8, 4) is 5.75 Å². The molecule has 0 bridgehead atoms. The number of ether oxygens (including phenoxy) is 1. The number of anilines is 1. The third-order valence-electron chi connectivity index (χ3n) is 7.16. The Labute approximate surface area is 251 Å². The summed E-state index contributed by atoms with van der Waals surface area (Å²) in [7, 11) is -2.65. The van der Waals surface area contributed by atoms with Gasteiger partial charge in [-0.05, 0) is 67.8 Å². The highest BCUT2D eigenvalue weighted by Gasteiger charge is 2.33. The van der Waals surface area contributed by atoms with E-state index in [2.05, 4.69) is 5.32 Å². The van der Waals surface area contributed by atoms with Gasteiger partial charge in [-0.2, -0.15) is 0 Å². The van der Waals surface area contributed by atoms with E-state index in [-0.39, 0.29) is 39.1 Å². The van der Waals surface area contributed by atoms with Crippen molar-refractivity contribution in [2.24, 2.45) is 0 Å². The van der Waals surface area contributed by atoms with E-state index in [1.165, 1.54) is 35.2 Å². The Balaban J connectivity index is 1.70. The van der Waals surface area contributed by atoms with Gasteiger partial charge in [0, 0.05) is 12.6 Å². The van der Waals surface area contributed by atoms with Crippen LogP contribution in [0.15, 0.2) is 77.7 Å². The molecule has 11 heteroatoms. The van der Waals surface area contributed by atoms with Crippen LogP contribution in [0.4, 0.5) is 5.69 Å². The molecule has 0 saturated heterocycles. The first-order valence-corrected chi connectivity index (χ1v) is 15.6. The Morgan fingerprint density at radius 3 is 2.34 bits per heavy atom. The number of carbonyl (C=O) groups excluding carboxylic acids is 2. The molecule has 8 nitrogen and oxygen atoms in total. The number of benzene rings is 3. The standard InChI is InChI=1S/C30H33Cl2N3O5S/c1-21(30(37)33-23-10-6-7-11-23)34(19-22-9-8-12-25(17-22)40-2)29(36)20-35(24-15-16-27(31)28(32)18-24)41(38,39)26-13-4-3-5-14-26/h3-5,8-9,12-18,21,23H,6-7,10-11,19-20H2,1-2H3,(H,33,37)/t21-/m0/s1. The van der Waals surface area contributed by atoms with Gasteiger partial charge in [-0.3, -0.25) is 13.9 Å². The van der Waals surface area contributed by atoms with Gasteiger partial charge >= 0.3 is 0 Å². The molecule has 1 saturated carbocycles. The summed E-state index contributed by atoms with van der Waals surface area (Å²) in [6, 6.07) is 18.6. The van der Waals surface area contributed by atoms with Gasteiger partial charge in [0.2, 0.25) is 11.8 Å². The zero-order valence-electron chi connectivity index (χ0n) is 22.9.